The third-order valence-corrected chi connectivity index (χ3v) is 5.70. The molecule has 3 aromatic rings. The van der Waals surface area contributed by atoms with Gasteiger partial charge >= 0.3 is 0 Å². The Morgan fingerprint density at radius 1 is 0.733 bits per heavy atom. The second-order valence-electron chi connectivity index (χ2n) is 7.17. The zero-order valence-electron chi connectivity index (χ0n) is 18.0. The van der Waals surface area contributed by atoms with E-state index in [1.807, 2.05) is 6.07 Å². The van der Waals surface area contributed by atoms with Crippen molar-refractivity contribution in [3.63, 3.8) is 0 Å². The topological polar surface area (TPSA) is 58.2 Å². The zero-order valence-corrected chi connectivity index (χ0v) is 18.0. The highest BCUT2D eigenvalue weighted by molar-refractivity contribution is 5.93. The zero-order chi connectivity index (χ0) is 21.3. The highest BCUT2D eigenvalue weighted by atomic mass is 16.5. The number of hydrogen-bond donors (Lipinski definition) is 1. The average Bonchev–Trinajstić information content (AvgIpc) is 2.80. The van der Waals surface area contributed by atoms with Crippen molar-refractivity contribution >= 4 is 10.8 Å². The van der Waals surface area contributed by atoms with Crippen LogP contribution in [0.2, 0.25) is 0 Å². The number of nitrogens with one attached hydrogen (secondary N) is 1. The molecule has 30 heavy (non-hydrogen) atoms. The molecule has 6 heteroatoms. The lowest BCUT2D eigenvalue weighted by atomic mass is 9.88. The number of hydrogen-bond acceptors (Lipinski definition) is 6. The summed E-state index contributed by atoms with van der Waals surface area (Å²) in [5, 5.41) is 5.64. The molecule has 0 bridgehead atoms. The molecule has 4 rings (SSSR count). The van der Waals surface area contributed by atoms with Crippen molar-refractivity contribution in [1.29, 1.82) is 0 Å². The Morgan fingerprint density at radius 3 is 2.10 bits per heavy atom. The van der Waals surface area contributed by atoms with Gasteiger partial charge in [-0.1, -0.05) is 12.1 Å². The number of rotatable bonds is 6. The summed E-state index contributed by atoms with van der Waals surface area (Å²) < 4.78 is 27.7. The van der Waals surface area contributed by atoms with E-state index >= 15 is 0 Å². The first-order valence-corrected chi connectivity index (χ1v) is 9.86. The fraction of sp³-hybridized carbons (Fsp3) is 0.333. The van der Waals surface area contributed by atoms with Crippen molar-refractivity contribution in [2.45, 2.75) is 12.5 Å². The van der Waals surface area contributed by atoms with Crippen molar-refractivity contribution in [3.8, 4) is 28.7 Å². The Labute approximate surface area is 176 Å². The molecule has 0 aromatic heterocycles. The summed E-state index contributed by atoms with van der Waals surface area (Å²) >= 11 is 0. The number of ether oxygens (including phenoxy) is 5. The van der Waals surface area contributed by atoms with Gasteiger partial charge in [0.05, 0.1) is 41.6 Å². The van der Waals surface area contributed by atoms with E-state index in [0.29, 0.717) is 17.2 Å². The molecule has 0 spiro atoms. The molecule has 6 nitrogen and oxygen atoms in total. The quantitative estimate of drug-likeness (QED) is 0.661. The van der Waals surface area contributed by atoms with Gasteiger partial charge < -0.3 is 29.0 Å². The Morgan fingerprint density at radius 2 is 1.43 bits per heavy atom. The highest BCUT2D eigenvalue weighted by Crippen LogP contribution is 2.44. The van der Waals surface area contributed by atoms with Crippen molar-refractivity contribution in [1.82, 2.24) is 5.32 Å². The second kappa shape index (κ2) is 8.32. The van der Waals surface area contributed by atoms with Crippen LogP contribution < -0.4 is 29.0 Å². The van der Waals surface area contributed by atoms with Crippen LogP contribution in [0.1, 0.15) is 22.7 Å². The van der Waals surface area contributed by atoms with E-state index in [-0.39, 0.29) is 6.04 Å². The number of fused-ring (bicyclic) bond motifs is 2. The van der Waals surface area contributed by atoms with Crippen LogP contribution in [0.4, 0.5) is 0 Å². The molecule has 0 amide bonds. The van der Waals surface area contributed by atoms with Gasteiger partial charge in [-0.25, -0.2) is 0 Å². The van der Waals surface area contributed by atoms with Gasteiger partial charge in [0.15, 0.2) is 23.0 Å². The van der Waals surface area contributed by atoms with Crippen LogP contribution in [0.3, 0.4) is 0 Å². The molecule has 0 radical (unpaired) electrons. The summed E-state index contributed by atoms with van der Waals surface area (Å²) in [7, 11) is 8.22. The summed E-state index contributed by atoms with van der Waals surface area (Å²) in [5.74, 6) is 3.40. The summed E-state index contributed by atoms with van der Waals surface area (Å²) in [6.45, 7) is 0.889. The third kappa shape index (κ3) is 3.27. The van der Waals surface area contributed by atoms with E-state index in [9.17, 15) is 0 Å². The van der Waals surface area contributed by atoms with E-state index in [2.05, 4.69) is 35.6 Å². The van der Waals surface area contributed by atoms with Crippen LogP contribution in [0.25, 0.3) is 10.8 Å². The highest BCUT2D eigenvalue weighted by Gasteiger charge is 2.25. The van der Waals surface area contributed by atoms with E-state index in [1.165, 1.54) is 11.1 Å². The van der Waals surface area contributed by atoms with E-state index in [0.717, 1.165) is 40.8 Å². The van der Waals surface area contributed by atoms with E-state index in [4.69, 9.17) is 23.7 Å². The van der Waals surface area contributed by atoms with Gasteiger partial charge in [0.1, 0.15) is 0 Å². The fourth-order valence-electron chi connectivity index (χ4n) is 4.26. The Kier molecular flexibility index (Phi) is 5.59. The molecule has 0 aliphatic carbocycles. The lowest BCUT2D eigenvalue weighted by Gasteiger charge is -2.29. The molecule has 1 aliphatic rings. The smallest absolute Gasteiger partial charge is 0.203 e. The molecular formula is C24H27NO5. The Bertz CT molecular complexity index is 1080. The molecule has 1 unspecified atom stereocenters. The van der Waals surface area contributed by atoms with Crippen molar-refractivity contribution < 1.29 is 23.7 Å². The summed E-state index contributed by atoms with van der Waals surface area (Å²) in [5.41, 5.74) is 3.62. The van der Waals surface area contributed by atoms with E-state index < -0.39 is 0 Å². The average molecular weight is 409 g/mol. The predicted octanol–water partition coefficient (Wildman–Crippen LogP) is 4.12. The minimum Gasteiger partial charge on any atom is -0.493 e. The van der Waals surface area contributed by atoms with Crippen molar-refractivity contribution in [3.05, 3.63) is 53.1 Å². The van der Waals surface area contributed by atoms with E-state index in [1.54, 1.807) is 35.5 Å². The first-order valence-electron chi connectivity index (χ1n) is 9.86. The molecule has 1 N–H and O–H groups in total. The maximum atomic E-state index is 5.64. The monoisotopic (exact) mass is 409 g/mol. The fourth-order valence-corrected chi connectivity index (χ4v) is 4.26. The molecular weight excluding hydrogens is 382 g/mol. The lowest BCUT2D eigenvalue weighted by molar-refractivity contribution is 0.327. The molecule has 0 saturated heterocycles. The van der Waals surface area contributed by atoms with Crippen LogP contribution in [0, 0.1) is 0 Å². The van der Waals surface area contributed by atoms with Crippen molar-refractivity contribution in [2.24, 2.45) is 0 Å². The molecule has 0 saturated carbocycles. The van der Waals surface area contributed by atoms with Crippen LogP contribution in [-0.4, -0.2) is 42.1 Å². The third-order valence-electron chi connectivity index (χ3n) is 5.70. The molecule has 1 heterocycles. The predicted molar refractivity (Wildman–Crippen MR) is 117 cm³/mol. The molecule has 3 aromatic carbocycles. The minimum absolute atomic E-state index is 0.0528. The van der Waals surface area contributed by atoms with Gasteiger partial charge in [-0.3, -0.25) is 0 Å². The molecule has 0 fully saturated rings. The Balaban J connectivity index is 1.85. The normalized spacial score (nSPS) is 15.4. The molecule has 158 valence electrons. The lowest BCUT2D eigenvalue weighted by Crippen LogP contribution is -2.30. The summed E-state index contributed by atoms with van der Waals surface area (Å²) in [4.78, 5) is 0. The second-order valence-corrected chi connectivity index (χ2v) is 7.17. The SMILES string of the molecule is COc1cc2c(cc1OC)C(c1ccc3c(OC)c(OC)c(OC)cc3c1)NCC2. The van der Waals surface area contributed by atoms with Crippen molar-refractivity contribution in [2.75, 3.05) is 42.1 Å². The van der Waals surface area contributed by atoms with Gasteiger partial charge in [-0.2, -0.15) is 0 Å². The summed E-state index contributed by atoms with van der Waals surface area (Å²) in [6.07, 6.45) is 0.943. The largest absolute Gasteiger partial charge is 0.493 e. The maximum absolute atomic E-state index is 5.64. The van der Waals surface area contributed by atoms with Crippen LogP contribution >= 0.6 is 0 Å². The van der Waals surface area contributed by atoms with Gasteiger partial charge in [-0.15, -0.1) is 0 Å². The van der Waals surface area contributed by atoms with Gasteiger partial charge in [0.25, 0.3) is 0 Å². The minimum atomic E-state index is 0.0528. The Hall–Kier alpha value is -3.12. The van der Waals surface area contributed by atoms with Gasteiger partial charge in [-0.05, 0) is 52.8 Å². The molecule has 1 atom stereocenters. The standard InChI is InChI=1S/C24H27NO5/c1-26-19-11-14-8-9-25-22(18(14)13-20(19)27-2)15-6-7-17-16(10-15)12-21(28-3)24(30-5)23(17)29-4/h6-7,10-13,22,25H,8-9H2,1-5H3. The molecule has 1 aliphatic heterocycles. The maximum Gasteiger partial charge on any atom is 0.203 e. The van der Waals surface area contributed by atoms with Crippen LogP contribution in [0.15, 0.2) is 36.4 Å². The van der Waals surface area contributed by atoms with Crippen LogP contribution in [-0.2, 0) is 6.42 Å². The number of methoxy groups -OCH3 is 5. The first-order chi connectivity index (χ1) is 14.6. The first kappa shape index (κ1) is 20.2. The van der Waals surface area contributed by atoms with Crippen LogP contribution in [0.5, 0.6) is 28.7 Å². The number of benzene rings is 3. The van der Waals surface area contributed by atoms with Gasteiger partial charge in [0.2, 0.25) is 5.75 Å². The van der Waals surface area contributed by atoms with Gasteiger partial charge in [0, 0.05) is 11.9 Å². The summed E-state index contributed by atoms with van der Waals surface area (Å²) in [6, 6.07) is 12.6.